The molecule has 0 saturated heterocycles. The van der Waals surface area contributed by atoms with Crippen molar-refractivity contribution in [2.75, 3.05) is 6.54 Å². The van der Waals surface area contributed by atoms with Crippen molar-refractivity contribution >= 4 is 10.0 Å². The molecule has 1 aromatic rings. The van der Waals surface area contributed by atoms with E-state index in [0.717, 1.165) is 30.4 Å². The Morgan fingerprint density at radius 3 is 2.61 bits per heavy atom. The lowest BCUT2D eigenvalue weighted by Crippen LogP contribution is -2.26. The van der Waals surface area contributed by atoms with Crippen LogP contribution in [-0.4, -0.2) is 15.0 Å². The molecule has 4 nitrogen and oxygen atoms in total. The molecule has 0 aromatic heterocycles. The number of hydrogen-bond donors (Lipinski definition) is 2. The van der Waals surface area contributed by atoms with Crippen LogP contribution in [0.1, 0.15) is 30.9 Å². The summed E-state index contributed by atoms with van der Waals surface area (Å²) in [6, 6.07) is 5.20. The van der Waals surface area contributed by atoms with Crippen LogP contribution >= 0.6 is 0 Å². The highest BCUT2D eigenvalue weighted by Gasteiger charge is 2.24. The van der Waals surface area contributed by atoms with Crippen molar-refractivity contribution in [3.63, 3.8) is 0 Å². The van der Waals surface area contributed by atoms with Crippen LogP contribution in [0.3, 0.4) is 0 Å². The van der Waals surface area contributed by atoms with E-state index in [-0.39, 0.29) is 0 Å². The van der Waals surface area contributed by atoms with Crippen molar-refractivity contribution in [1.82, 2.24) is 4.72 Å². The molecule has 0 bridgehead atoms. The van der Waals surface area contributed by atoms with Gasteiger partial charge in [0, 0.05) is 13.1 Å². The lowest BCUT2D eigenvalue weighted by Gasteiger charge is -2.10. The Labute approximate surface area is 109 Å². The predicted molar refractivity (Wildman–Crippen MR) is 71.6 cm³/mol. The number of hydrogen-bond acceptors (Lipinski definition) is 3. The third-order valence-corrected chi connectivity index (χ3v) is 4.77. The zero-order valence-corrected chi connectivity index (χ0v) is 11.5. The Hall–Kier alpha value is -0.910. The van der Waals surface area contributed by atoms with E-state index in [4.69, 9.17) is 5.73 Å². The molecule has 0 aliphatic heterocycles. The number of rotatable bonds is 6. The molecule has 18 heavy (non-hydrogen) atoms. The molecule has 0 heterocycles. The van der Waals surface area contributed by atoms with Gasteiger partial charge in [-0.05, 0) is 48.4 Å². The van der Waals surface area contributed by atoms with Gasteiger partial charge in [-0.1, -0.05) is 13.0 Å². The molecule has 1 aliphatic rings. The number of nitrogens with two attached hydrogens (primary N) is 1. The van der Waals surface area contributed by atoms with Gasteiger partial charge in [-0.15, -0.1) is 0 Å². The van der Waals surface area contributed by atoms with Crippen molar-refractivity contribution in [1.29, 1.82) is 0 Å². The quantitative estimate of drug-likeness (QED) is 0.819. The summed E-state index contributed by atoms with van der Waals surface area (Å²) in [5.74, 6) is 0.531. The Balaban J connectivity index is 2.20. The predicted octanol–water partition coefficient (Wildman–Crippen LogP) is 1.40. The maximum Gasteiger partial charge on any atom is 0.240 e. The van der Waals surface area contributed by atoms with E-state index in [9.17, 15) is 8.42 Å². The monoisotopic (exact) mass is 268 g/mol. The standard InChI is InChI=1S/C13H20N2O2S/c1-2-11-5-6-13(7-12(11)8-14)18(16,17)15-9-10-3-4-10/h5-7,10,15H,2-4,8-9,14H2,1H3. The highest BCUT2D eigenvalue weighted by Crippen LogP contribution is 2.28. The highest BCUT2D eigenvalue weighted by molar-refractivity contribution is 7.89. The van der Waals surface area contributed by atoms with Crippen LogP contribution < -0.4 is 10.5 Å². The Morgan fingerprint density at radius 2 is 2.06 bits per heavy atom. The van der Waals surface area contributed by atoms with Crippen LogP contribution in [-0.2, 0) is 23.0 Å². The smallest absolute Gasteiger partial charge is 0.240 e. The topological polar surface area (TPSA) is 72.2 Å². The van der Waals surface area contributed by atoms with Gasteiger partial charge < -0.3 is 5.73 Å². The van der Waals surface area contributed by atoms with E-state index in [1.54, 1.807) is 12.1 Å². The number of nitrogens with one attached hydrogen (secondary N) is 1. The van der Waals surface area contributed by atoms with Crippen LogP contribution in [0.4, 0.5) is 0 Å². The Bertz CT molecular complexity index is 522. The minimum atomic E-state index is -3.38. The normalized spacial score (nSPS) is 15.9. The second-order valence-corrected chi connectivity index (χ2v) is 6.55. The van der Waals surface area contributed by atoms with Crippen molar-refractivity contribution in [3.8, 4) is 0 Å². The van der Waals surface area contributed by atoms with Gasteiger partial charge in [0.05, 0.1) is 4.90 Å². The van der Waals surface area contributed by atoms with E-state index in [0.29, 0.717) is 23.9 Å². The van der Waals surface area contributed by atoms with Gasteiger partial charge in [-0.25, -0.2) is 13.1 Å². The van der Waals surface area contributed by atoms with Crippen LogP contribution in [0.25, 0.3) is 0 Å². The SMILES string of the molecule is CCc1ccc(S(=O)(=O)NCC2CC2)cc1CN. The van der Waals surface area contributed by atoms with Crippen LogP contribution in [0.2, 0.25) is 0 Å². The van der Waals surface area contributed by atoms with Crippen LogP contribution in [0, 0.1) is 5.92 Å². The number of sulfonamides is 1. The molecular formula is C13H20N2O2S. The molecule has 1 fully saturated rings. The fraction of sp³-hybridized carbons (Fsp3) is 0.538. The van der Waals surface area contributed by atoms with Crippen LogP contribution in [0.15, 0.2) is 23.1 Å². The lowest BCUT2D eigenvalue weighted by atomic mass is 10.1. The molecule has 0 atom stereocenters. The van der Waals surface area contributed by atoms with E-state index in [1.165, 1.54) is 0 Å². The van der Waals surface area contributed by atoms with Crippen LogP contribution in [0.5, 0.6) is 0 Å². The molecule has 0 unspecified atom stereocenters. The van der Waals surface area contributed by atoms with Crippen molar-refractivity contribution in [3.05, 3.63) is 29.3 Å². The third-order valence-electron chi connectivity index (χ3n) is 3.35. The molecule has 1 aromatic carbocycles. The fourth-order valence-corrected chi connectivity index (χ4v) is 3.10. The van der Waals surface area contributed by atoms with E-state index < -0.39 is 10.0 Å². The van der Waals surface area contributed by atoms with Gasteiger partial charge >= 0.3 is 0 Å². The van der Waals surface area contributed by atoms with Gasteiger partial charge in [-0.3, -0.25) is 0 Å². The largest absolute Gasteiger partial charge is 0.326 e. The minimum Gasteiger partial charge on any atom is -0.326 e. The lowest BCUT2D eigenvalue weighted by molar-refractivity contribution is 0.577. The summed E-state index contributed by atoms with van der Waals surface area (Å²) in [5, 5.41) is 0. The zero-order chi connectivity index (χ0) is 13.2. The first-order chi connectivity index (χ1) is 8.56. The molecule has 0 radical (unpaired) electrons. The molecule has 100 valence electrons. The number of aryl methyl sites for hydroxylation is 1. The molecule has 0 amide bonds. The first-order valence-electron chi connectivity index (χ1n) is 6.38. The fourth-order valence-electron chi connectivity index (χ4n) is 1.94. The van der Waals surface area contributed by atoms with Crippen molar-refractivity contribution < 1.29 is 8.42 Å². The van der Waals surface area contributed by atoms with E-state index >= 15 is 0 Å². The maximum absolute atomic E-state index is 12.1. The van der Waals surface area contributed by atoms with Crippen molar-refractivity contribution in [2.24, 2.45) is 11.7 Å². The summed E-state index contributed by atoms with van der Waals surface area (Å²) in [6.07, 6.45) is 3.12. The van der Waals surface area contributed by atoms with Crippen molar-refractivity contribution in [2.45, 2.75) is 37.6 Å². The summed E-state index contributed by atoms with van der Waals surface area (Å²) in [5.41, 5.74) is 7.67. The molecule has 1 saturated carbocycles. The van der Waals surface area contributed by atoms with E-state index in [2.05, 4.69) is 4.72 Å². The zero-order valence-electron chi connectivity index (χ0n) is 10.6. The maximum atomic E-state index is 12.1. The molecule has 2 rings (SSSR count). The average molecular weight is 268 g/mol. The summed E-state index contributed by atoms with van der Waals surface area (Å²) in [4.78, 5) is 0.320. The Morgan fingerprint density at radius 1 is 1.33 bits per heavy atom. The van der Waals surface area contributed by atoms with Gasteiger partial charge in [0.2, 0.25) is 10.0 Å². The summed E-state index contributed by atoms with van der Waals surface area (Å²) in [7, 11) is -3.38. The van der Waals surface area contributed by atoms with Gasteiger partial charge in [0.15, 0.2) is 0 Å². The molecule has 3 N–H and O–H groups in total. The molecular weight excluding hydrogens is 248 g/mol. The van der Waals surface area contributed by atoms with Gasteiger partial charge in [0.1, 0.15) is 0 Å². The first-order valence-corrected chi connectivity index (χ1v) is 7.86. The Kier molecular flexibility index (Phi) is 4.04. The first kappa shape index (κ1) is 13.5. The molecule has 0 spiro atoms. The molecule has 5 heteroatoms. The molecule has 1 aliphatic carbocycles. The second kappa shape index (κ2) is 5.38. The third kappa shape index (κ3) is 3.10. The second-order valence-electron chi connectivity index (χ2n) is 4.78. The highest BCUT2D eigenvalue weighted by atomic mass is 32.2. The summed E-state index contributed by atoms with van der Waals surface area (Å²) >= 11 is 0. The minimum absolute atomic E-state index is 0.320. The summed E-state index contributed by atoms with van der Waals surface area (Å²) < 4.78 is 26.8. The van der Waals surface area contributed by atoms with E-state index in [1.807, 2.05) is 13.0 Å². The van der Waals surface area contributed by atoms with Gasteiger partial charge in [0.25, 0.3) is 0 Å². The summed E-state index contributed by atoms with van der Waals surface area (Å²) in [6.45, 7) is 2.96. The average Bonchev–Trinajstić information content (AvgIpc) is 3.19. The van der Waals surface area contributed by atoms with Gasteiger partial charge in [-0.2, -0.15) is 0 Å². The number of benzene rings is 1.